The van der Waals surface area contributed by atoms with Gasteiger partial charge in [0.2, 0.25) is 0 Å². The minimum Gasteiger partial charge on any atom is -0.332 e. The van der Waals surface area contributed by atoms with Gasteiger partial charge in [-0.15, -0.1) is 5.10 Å². The third-order valence-corrected chi connectivity index (χ3v) is 4.94. The molecular weight excluding hydrogens is 306 g/mol. The molecule has 0 atom stereocenters. The van der Waals surface area contributed by atoms with Gasteiger partial charge in [-0.05, 0) is 25.9 Å². The lowest BCUT2D eigenvalue weighted by molar-refractivity contribution is 0.0728. The summed E-state index contributed by atoms with van der Waals surface area (Å²) in [5, 5.41) is 15.2. The number of piperidine rings is 1. The molecule has 1 fully saturated rings. The highest BCUT2D eigenvalue weighted by atomic mass is 16.2. The Balaban J connectivity index is 1.35. The fraction of sp³-hybridized carbons (Fsp3) is 0.625. The van der Waals surface area contributed by atoms with Gasteiger partial charge < -0.3 is 9.80 Å². The van der Waals surface area contributed by atoms with Crippen LogP contribution in [-0.4, -0.2) is 67.1 Å². The fourth-order valence-electron chi connectivity index (χ4n) is 3.49. The highest BCUT2D eigenvalue weighted by Gasteiger charge is 2.24. The van der Waals surface area contributed by atoms with E-state index in [1.165, 1.54) is 32.4 Å². The van der Waals surface area contributed by atoms with Crippen molar-refractivity contribution in [3.8, 4) is 0 Å². The number of carbonyl (C=O) groups is 1. The number of hydrogen-bond donors (Lipinski definition) is 1. The van der Waals surface area contributed by atoms with Gasteiger partial charge in [-0.25, -0.2) is 0 Å². The average molecular weight is 329 g/mol. The molecule has 24 heavy (non-hydrogen) atoms. The normalized spacial score (nSPS) is 18.6. The van der Waals surface area contributed by atoms with Gasteiger partial charge in [0.05, 0.1) is 18.9 Å². The maximum atomic E-state index is 12.6. The Bertz CT molecular complexity index is 701. The van der Waals surface area contributed by atoms with Crippen LogP contribution in [0, 0.1) is 0 Å². The quantitative estimate of drug-likeness (QED) is 0.892. The van der Waals surface area contributed by atoms with Gasteiger partial charge in [-0.2, -0.15) is 5.10 Å². The third kappa shape index (κ3) is 3.19. The van der Waals surface area contributed by atoms with E-state index in [1.54, 1.807) is 17.1 Å². The van der Waals surface area contributed by atoms with Gasteiger partial charge in [0.25, 0.3) is 5.91 Å². The number of likely N-dealkylation sites (tertiary alicyclic amines) is 1. The predicted octanol–water partition coefficient (Wildman–Crippen LogP) is 0.686. The minimum absolute atomic E-state index is 0.0499. The molecule has 128 valence electrons. The van der Waals surface area contributed by atoms with Crippen LogP contribution in [0.2, 0.25) is 0 Å². The lowest BCUT2D eigenvalue weighted by atomic mass is 10.1. The second kappa shape index (κ2) is 6.72. The van der Waals surface area contributed by atoms with Crippen LogP contribution in [0.5, 0.6) is 0 Å². The molecule has 0 bridgehead atoms. The van der Waals surface area contributed by atoms with E-state index in [1.807, 2.05) is 4.90 Å². The van der Waals surface area contributed by atoms with Crippen LogP contribution < -0.4 is 0 Å². The number of carbonyl (C=O) groups excluding carboxylic acids is 1. The molecule has 0 aliphatic carbocycles. The summed E-state index contributed by atoms with van der Waals surface area (Å²) in [7, 11) is 0. The molecule has 0 unspecified atom stereocenters. The van der Waals surface area contributed by atoms with Crippen LogP contribution in [0.4, 0.5) is 0 Å². The van der Waals surface area contributed by atoms with Crippen molar-refractivity contribution in [3.05, 3.63) is 29.3 Å². The Morgan fingerprint density at radius 2 is 2.04 bits per heavy atom. The van der Waals surface area contributed by atoms with Crippen LogP contribution in [0.3, 0.4) is 0 Å². The lowest BCUT2D eigenvalue weighted by Gasteiger charge is -2.26. The van der Waals surface area contributed by atoms with Crippen molar-refractivity contribution in [1.82, 2.24) is 35.0 Å². The highest BCUT2D eigenvalue weighted by Crippen LogP contribution is 2.17. The van der Waals surface area contributed by atoms with Crippen molar-refractivity contribution >= 4 is 5.91 Å². The number of nitrogens with zero attached hydrogens (tertiary/aromatic N) is 6. The van der Waals surface area contributed by atoms with Crippen molar-refractivity contribution in [3.63, 3.8) is 0 Å². The molecule has 8 nitrogen and oxygen atoms in total. The van der Waals surface area contributed by atoms with Gasteiger partial charge in [-0.3, -0.25) is 14.6 Å². The van der Waals surface area contributed by atoms with Crippen LogP contribution in [0.25, 0.3) is 0 Å². The molecular formula is C16H23N7O. The first-order valence-electron chi connectivity index (χ1n) is 8.72. The Labute approximate surface area is 140 Å². The van der Waals surface area contributed by atoms with Crippen molar-refractivity contribution < 1.29 is 4.79 Å². The standard InChI is InChI=1S/C16H23N7O/c24-16(22-7-4-14-13(11-22)10-17-18-14)15-12-23(20-19-15)9-8-21-5-2-1-3-6-21/h10,12H,1-9,11H2,(H,17,18). The highest BCUT2D eigenvalue weighted by molar-refractivity contribution is 5.92. The zero-order valence-electron chi connectivity index (χ0n) is 13.8. The van der Waals surface area contributed by atoms with E-state index in [9.17, 15) is 4.79 Å². The molecule has 0 saturated carbocycles. The SMILES string of the molecule is O=C(c1cn(CCN2CCCCC2)nn1)N1CCc2[nH]ncc2C1. The van der Waals surface area contributed by atoms with Gasteiger partial charge in [-0.1, -0.05) is 11.6 Å². The number of fused-ring (bicyclic) bond motifs is 1. The summed E-state index contributed by atoms with van der Waals surface area (Å²) in [6.07, 6.45) is 8.29. The summed E-state index contributed by atoms with van der Waals surface area (Å²) in [5.41, 5.74) is 2.65. The van der Waals surface area contributed by atoms with Gasteiger partial charge in [0, 0.05) is 37.3 Å². The number of H-pyrrole nitrogens is 1. The molecule has 0 radical (unpaired) electrons. The molecule has 8 heteroatoms. The summed E-state index contributed by atoms with van der Waals surface area (Å²) in [4.78, 5) is 16.9. The number of rotatable bonds is 4. The van der Waals surface area contributed by atoms with Crippen LogP contribution in [-0.2, 0) is 19.5 Å². The molecule has 2 aromatic rings. The van der Waals surface area contributed by atoms with E-state index in [-0.39, 0.29) is 5.91 Å². The molecule has 2 aromatic heterocycles. The van der Waals surface area contributed by atoms with Crippen LogP contribution in [0.1, 0.15) is 41.0 Å². The van der Waals surface area contributed by atoms with E-state index in [0.717, 1.165) is 30.8 Å². The number of aromatic amines is 1. The van der Waals surface area contributed by atoms with E-state index in [4.69, 9.17) is 0 Å². The maximum Gasteiger partial charge on any atom is 0.276 e. The zero-order valence-corrected chi connectivity index (χ0v) is 13.8. The summed E-state index contributed by atoms with van der Waals surface area (Å²) >= 11 is 0. The predicted molar refractivity (Wildman–Crippen MR) is 87.3 cm³/mol. The minimum atomic E-state index is -0.0499. The number of nitrogens with one attached hydrogen (secondary N) is 1. The Hall–Kier alpha value is -2.22. The molecule has 4 heterocycles. The van der Waals surface area contributed by atoms with E-state index in [2.05, 4.69) is 25.4 Å². The number of aromatic nitrogens is 5. The molecule has 1 amide bonds. The summed E-state index contributed by atoms with van der Waals surface area (Å²) in [5.74, 6) is -0.0499. The lowest BCUT2D eigenvalue weighted by Crippen LogP contribution is -2.36. The van der Waals surface area contributed by atoms with Crippen LogP contribution >= 0.6 is 0 Å². The van der Waals surface area contributed by atoms with Gasteiger partial charge >= 0.3 is 0 Å². The number of amides is 1. The van der Waals surface area contributed by atoms with E-state index in [0.29, 0.717) is 18.8 Å². The Morgan fingerprint density at radius 3 is 2.92 bits per heavy atom. The Morgan fingerprint density at radius 1 is 1.17 bits per heavy atom. The molecule has 4 rings (SSSR count). The van der Waals surface area contributed by atoms with E-state index < -0.39 is 0 Å². The molecule has 0 aromatic carbocycles. The van der Waals surface area contributed by atoms with Crippen molar-refractivity contribution in [1.29, 1.82) is 0 Å². The molecule has 1 N–H and O–H groups in total. The monoisotopic (exact) mass is 329 g/mol. The van der Waals surface area contributed by atoms with Crippen molar-refractivity contribution in [2.45, 2.75) is 38.8 Å². The third-order valence-electron chi connectivity index (χ3n) is 4.94. The summed E-state index contributed by atoms with van der Waals surface area (Å²) < 4.78 is 1.79. The molecule has 1 saturated heterocycles. The van der Waals surface area contributed by atoms with Crippen LogP contribution in [0.15, 0.2) is 12.4 Å². The smallest absolute Gasteiger partial charge is 0.276 e. The first kappa shape index (κ1) is 15.3. The second-order valence-corrected chi connectivity index (χ2v) is 6.62. The first-order valence-corrected chi connectivity index (χ1v) is 8.72. The van der Waals surface area contributed by atoms with Gasteiger partial charge in [0.15, 0.2) is 5.69 Å². The fourth-order valence-corrected chi connectivity index (χ4v) is 3.49. The topological polar surface area (TPSA) is 82.9 Å². The summed E-state index contributed by atoms with van der Waals surface area (Å²) in [6.45, 7) is 5.37. The summed E-state index contributed by atoms with van der Waals surface area (Å²) in [6, 6.07) is 0. The van der Waals surface area contributed by atoms with Gasteiger partial charge in [0.1, 0.15) is 0 Å². The molecule has 2 aliphatic heterocycles. The second-order valence-electron chi connectivity index (χ2n) is 6.62. The first-order chi connectivity index (χ1) is 11.8. The Kier molecular flexibility index (Phi) is 4.29. The number of hydrogen-bond acceptors (Lipinski definition) is 5. The molecule has 2 aliphatic rings. The van der Waals surface area contributed by atoms with Crippen molar-refractivity contribution in [2.75, 3.05) is 26.2 Å². The largest absolute Gasteiger partial charge is 0.332 e. The average Bonchev–Trinajstić information content (AvgIpc) is 3.29. The molecule has 0 spiro atoms. The van der Waals surface area contributed by atoms with E-state index >= 15 is 0 Å². The van der Waals surface area contributed by atoms with Crippen molar-refractivity contribution in [2.24, 2.45) is 0 Å². The zero-order chi connectivity index (χ0) is 16.4. The maximum absolute atomic E-state index is 12.6.